The van der Waals surface area contributed by atoms with Crippen LogP contribution in [0.5, 0.6) is 5.75 Å². The molecule has 9 nitrogen and oxygen atoms in total. The molecule has 9 heteroatoms. The number of piperazine rings is 1. The average molecular weight is 596 g/mol. The molecule has 1 saturated heterocycles. The Labute approximate surface area is 261 Å². The first-order valence-electron chi connectivity index (χ1n) is 15.0. The van der Waals surface area contributed by atoms with Gasteiger partial charge in [0.05, 0.1) is 29.6 Å². The van der Waals surface area contributed by atoms with Crippen LogP contribution in [0.1, 0.15) is 15.9 Å². The van der Waals surface area contributed by atoms with Gasteiger partial charge in [0.2, 0.25) is 0 Å². The second kappa shape index (κ2) is 12.2. The van der Waals surface area contributed by atoms with Gasteiger partial charge >= 0.3 is 0 Å². The van der Waals surface area contributed by atoms with E-state index in [-0.39, 0.29) is 0 Å². The number of para-hydroxylation sites is 1. The first-order chi connectivity index (χ1) is 22.1. The maximum absolute atomic E-state index is 11.5. The van der Waals surface area contributed by atoms with Gasteiger partial charge in [-0.2, -0.15) is 0 Å². The summed E-state index contributed by atoms with van der Waals surface area (Å²) < 4.78 is 7.64. The lowest BCUT2D eigenvalue weighted by Crippen LogP contribution is -2.46. The van der Waals surface area contributed by atoms with Gasteiger partial charge in [-0.05, 0) is 54.1 Å². The lowest BCUT2D eigenvalue weighted by Gasteiger charge is -2.36. The van der Waals surface area contributed by atoms with Gasteiger partial charge in [-0.3, -0.25) is 14.3 Å². The number of imidazole rings is 1. The molecule has 0 aliphatic carbocycles. The summed E-state index contributed by atoms with van der Waals surface area (Å²) in [6.45, 7) is 4.34. The molecule has 7 rings (SSSR count). The third-order valence-corrected chi connectivity index (χ3v) is 8.32. The van der Waals surface area contributed by atoms with Gasteiger partial charge in [0.1, 0.15) is 11.3 Å². The van der Waals surface area contributed by atoms with Crippen molar-refractivity contribution in [2.45, 2.75) is 6.54 Å². The van der Waals surface area contributed by atoms with Crippen molar-refractivity contribution in [2.24, 2.45) is 0 Å². The maximum atomic E-state index is 11.5. The van der Waals surface area contributed by atoms with E-state index < -0.39 is 0 Å². The highest BCUT2D eigenvalue weighted by atomic mass is 16.5. The van der Waals surface area contributed by atoms with Gasteiger partial charge < -0.3 is 15.4 Å². The summed E-state index contributed by atoms with van der Waals surface area (Å²) >= 11 is 0. The number of rotatable bonds is 8. The fourth-order valence-corrected chi connectivity index (χ4v) is 6.02. The molecule has 0 atom stereocenters. The summed E-state index contributed by atoms with van der Waals surface area (Å²) in [4.78, 5) is 30.6. The van der Waals surface area contributed by atoms with Crippen molar-refractivity contribution in [3.63, 3.8) is 0 Å². The number of aldehydes is 1. The zero-order valence-corrected chi connectivity index (χ0v) is 25.0. The second-order valence-electron chi connectivity index (χ2n) is 11.1. The predicted molar refractivity (Wildman–Crippen MR) is 178 cm³/mol. The van der Waals surface area contributed by atoms with Crippen molar-refractivity contribution in [3.05, 3.63) is 114 Å². The zero-order chi connectivity index (χ0) is 30.8. The zero-order valence-electron chi connectivity index (χ0n) is 25.0. The quantitative estimate of drug-likeness (QED) is 0.218. The number of nitrogens with two attached hydrogens (primary N) is 1. The SMILES string of the molecule is COc1c(C=O)cccc1N1CCN(Cc2ccc(-n3c(-c4cccnc4N)nc4ccc(-c5ccccc5)nc43)cc2)CC1. The van der Waals surface area contributed by atoms with Crippen LogP contribution in [0, 0.1) is 0 Å². The van der Waals surface area contributed by atoms with Gasteiger partial charge in [-0.1, -0.05) is 48.5 Å². The van der Waals surface area contributed by atoms with Crippen LogP contribution >= 0.6 is 0 Å². The summed E-state index contributed by atoms with van der Waals surface area (Å²) in [6, 6.07) is 32.3. The molecule has 45 heavy (non-hydrogen) atoms. The fourth-order valence-electron chi connectivity index (χ4n) is 6.02. The standard InChI is InChI=1S/C36H33N7O2/c1-45-33-27(24-44)9-5-11-32(33)42-21-19-41(20-22-42)23-25-12-14-28(15-13-25)43-35(29-10-6-18-38-34(29)37)40-31-17-16-30(39-36(31)43)26-7-3-2-4-8-26/h2-18,24H,19-23H2,1H3,(H2,37,38). The number of pyridine rings is 2. The van der Waals surface area contributed by atoms with Crippen LogP contribution in [0.2, 0.25) is 0 Å². The monoisotopic (exact) mass is 595 g/mol. The number of benzene rings is 3. The number of nitrogens with zero attached hydrogens (tertiary/aromatic N) is 6. The number of ether oxygens (including phenoxy) is 1. The number of carbonyl (C=O) groups excluding carboxylic acids is 1. The Morgan fingerprint density at radius 3 is 2.38 bits per heavy atom. The van der Waals surface area contributed by atoms with Crippen molar-refractivity contribution in [3.8, 4) is 34.1 Å². The number of aromatic nitrogens is 4. The average Bonchev–Trinajstić information content (AvgIpc) is 3.47. The number of anilines is 2. The van der Waals surface area contributed by atoms with Crippen LogP contribution in [0.3, 0.4) is 0 Å². The molecule has 1 aliphatic heterocycles. The first-order valence-corrected chi connectivity index (χ1v) is 15.0. The van der Waals surface area contributed by atoms with Crippen LogP contribution < -0.4 is 15.4 Å². The fraction of sp³-hybridized carbons (Fsp3) is 0.167. The molecule has 0 unspecified atom stereocenters. The highest BCUT2D eigenvalue weighted by Crippen LogP contribution is 2.33. The Morgan fingerprint density at radius 2 is 1.64 bits per heavy atom. The predicted octanol–water partition coefficient (Wildman–Crippen LogP) is 5.88. The molecule has 1 fully saturated rings. The number of carbonyl (C=O) groups is 1. The molecule has 0 saturated carbocycles. The highest BCUT2D eigenvalue weighted by molar-refractivity contribution is 5.85. The molecule has 2 N–H and O–H groups in total. The van der Waals surface area contributed by atoms with Gasteiger partial charge in [0.25, 0.3) is 0 Å². The normalized spacial score (nSPS) is 13.7. The molecule has 3 aromatic heterocycles. The first kappa shape index (κ1) is 28.2. The number of methoxy groups -OCH3 is 1. The summed E-state index contributed by atoms with van der Waals surface area (Å²) in [5.41, 5.74) is 14.3. The molecule has 0 spiro atoms. The van der Waals surface area contributed by atoms with Gasteiger partial charge in [-0.25, -0.2) is 15.0 Å². The summed E-state index contributed by atoms with van der Waals surface area (Å²) in [6.07, 6.45) is 2.53. The van der Waals surface area contributed by atoms with E-state index in [9.17, 15) is 4.79 Å². The Morgan fingerprint density at radius 1 is 0.844 bits per heavy atom. The minimum absolute atomic E-state index is 0.420. The minimum atomic E-state index is 0.420. The third-order valence-electron chi connectivity index (χ3n) is 8.32. The highest BCUT2D eigenvalue weighted by Gasteiger charge is 2.22. The lowest BCUT2D eigenvalue weighted by atomic mass is 10.1. The van der Waals surface area contributed by atoms with Gasteiger partial charge in [-0.15, -0.1) is 0 Å². The van der Waals surface area contributed by atoms with Crippen molar-refractivity contribution >= 4 is 29.0 Å². The van der Waals surface area contributed by atoms with Crippen LogP contribution in [0.4, 0.5) is 11.5 Å². The van der Waals surface area contributed by atoms with E-state index in [1.54, 1.807) is 19.4 Å². The topological polar surface area (TPSA) is 102 Å². The summed E-state index contributed by atoms with van der Waals surface area (Å²) in [5, 5.41) is 0. The smallest absolute Gasteiger partial charge is 0.165 e. The largest absolute Gasteiger partial charge is 0.494 e. The van der Waals surface area contributed by atoms with Crippen LogP contribution in [0.15, 0.2) is 103 Å². The van der Waals surface area contributed by atoms with E-state index in [1.165, 1.54) is 5.56 Å². The van der Waals surface area contributed by atoms with Crippen LogP contribution in [-0.2, 0) is 6.54 Å². The van der Waals surface area contributed by atoms with Gasteiger partial charge in [0.15, 0.2) is 23.5 Å². The molecule has 0 bridgehead atoms. The van der Waals surface area contributed by atoms with E-state index in [0.717, 1.165) is 78.4 Å². The molecule has 224 valence electrons. The Kier molecular flexibility index (Phi) is 7.67. The molecule has 0 amide bonds. The van der Waals surface area contributed by atoms with Crippen molar-refractivity contribution in [1.29, 1.82) is 0 Å². The summed E-state index contributed by atoms with van der Waals surface area (Å²) in [7, 11) is 1.62. The molecule has 0 radical (unpaired) electrons. The number of hydrogen-bond donors (Lipinski definition) is 1. The molecular formula is C36H33N7O2. The van der Waals surface area contributed by atoms with Gasteiger partial charge in [0, 0.05) is 50.2 Å². The lowest BCUT2D eigenvalue weighted by molar-refractivity contribution is 0.112. The van der Waals surface area contributed by atoms with E-state index in [4.69, 9.17) is 20.4 Å². The maximum Gasteiger partial charge on any atom is 0.165 e. The Hall–Kier alpha value is -5.54. The van der Waals surface area contributed by atoms with E-state index in [0.29, 0.717) is 23.0 Å². The molecular weight excluding hydrogens is 562 g/mol. The second-order valence-corrected chi connectivity index (χ2v) is 11.1. The number of hydrogen-bond acceptors (Lipinski definition) is 8. The summed E-state index contributed by atoms with van der Waals surface area (Å²) in [5.74, 6) is 1.76. The number of nitrogen functional groups attached to an aromatic ring is 1. The van der Waals surface area contributed by atoms with Crippen molar-refractivity contribution in [1.82, 2.24) is 24.4 Å². The third kappa shape index (κ3) is 5.49. The van der Waals surface area contributed by atoms with Crippen molar-refractivity contribution < 1.29 is 9.53 Å². The van der Waals surface area contributed by atoms with E-state index >= 15 is 0 Å². The van der Waals surface area contributed by atoms with Crippen molar-refractivity contribution in [2.75, 3.05) is 43.9 Å². The Balaban J connectivity index is 1.15. The molecule has 3 aromatic carbocycles. The molecule has 6 aromatic rings. The molecule has 1 aliphatic rings. The van der Waals surface area contributed by atoms with Crippen LogP contribution in [0.25, 0.3) is 39.5 Å². The molecule has 4 heterocycles. The Bertz CT molecular complexity index is 1960. The van der Waals surface area contributed by atoms with E-state index in [1.807, 2.05) is 54.6 Å². The minimum Gasteiger partial charge on any atom is -0.494 e. The van der Waals surface area contributed by atoms with E-state index in [2.05, 4.69) is 55.7 Å². The number of fused-ring (bicyclic) bond motifs is 1. The van der Waals surface area contributed by atoms with Crippen LogP contribution in [-0.4, -0.2) is 64.0 Å².